The Balaban J connectivity index is 2.32. The van der Waals surface area contributed by atoms with Gasteiger partial charge >= 0.3 is 11.9 Å². The van der Waals surface area contributed by atoms with Crippen LogP contribution in [0.2, 0.25) is 25.7 Å². The molecule has 0 saturated heterocycles. The normalized spacial score (nSPS) is 11.2. The first kappa shape index (κ1) is 22.2. The van der Waals surface area contributed by atoms with Crippen LogP contribution in [0.5, 0.6) is 0 Å². The highest BCUT2D eigenvalue weighted by Crippen LogP contribution is 2.28. The lowest BCUT2D eigenvalue weighted by Crippen LogP contribution is -2.23. The van der Waals surface area contributed by atoms with Crippen molar-refractivity contribution >= 4 is 31.8 Å². The van der Waals surface area contributed by atoms with Gasteiger partial charge in [0.05, 0.1) is 24.8 Å². The first-order valence-electron chi connectivity index (χ1n) is 9.28. The van der Waals surface area contributed by atoms with E-state index in [1.807, 2.05) is 43.3 Å². The molecule has 0 unspecified atom stereocenters. The molecule has 0 aromatic heterocycles. The topological polar surface area (TPSA) is 52.6 Å². The van der Waals surface area contributed by atoms with E-state index in [0.717, 1.165) is 22.1 Å². The van der Waals surface area contributed by atoms with Crippen LogP contribution in [-0.4, -0.2) is 33.7 Å². The lowest BCUT2D eigenvalue weighted by Gasteiger charge is -2.17. The van der Waals surface area contributed by atoms with E-state index in [1.165, 1.54) is 7.11 Å². The van der Waals surface area contributed by atoms with Crippen molar-refractivity contribution in [3.05, 3.63) is 64.7 Å². The minimum Gasteiger partial charge on any atom is -0.465 e. The number of hydrogen-bond donors (Lipinski definition) is 0. The molecule has 0 aliphatic rings. The second-order valence-electron chi connectivity index (χ2n) is 7.89. The molecule has 28 heavy (non-hydrogen) atoms. The fourth-order valence-corrected chi connectivity index (χ4v) is 4.30. The zero-order valence-corrected chi connectivity index (χ0v) is 19.0. The minimum atomic E-state index is -1.32. The van der Waals surface area contributed by atoms with Crippen molar-refractivity contribution in [2.75, 3.05) is 13.7 Å². The lowest BCUT2D eigenvalue weighted by atomic mass is 9.99. The first-order valence-corrected chi connectivity index (χ1v) is 14.0. The maximum Gasteiger partial charge on any atom is 0.339 e. The maximum atomic E-state index is 12.9. The minimum absolute atomic E-state index is 0.268. The molecule has 0 bridgehead atoms. The summed E-state index contributed by atoms with van der Waals surface area (Å²) in [5.41, 5.74) is 2.27. The smallest absolute Gasteiger partial charge is 0.339 e. The van der Waals surface area contributed by atoms with Gasteiger partial charge in [0, 0.05) is 18.7 Å². The lowest BCUT2D eigenvalue weighted by molar-refractivity contribution is 0.0502. The summed E-state index contributed by atoms with van der Waals surface area (Å²) in [4.78, 5) is 26.3. The Hall–Kier alpha value is -2.05. The van der Waals surface area contributed by atoms with Crippen molar-refractivity contribution in [3.8, 4) is 0 Å². The molecule has 0 heterocycles. The second-order valence-corrected chi connectivity index (χ2v) is 14.6. The molecule has 0 fully saturated rings. The molecule has 0 aliphatic carbocycles. The zero-order valence-electron chi connectivity index (χ0n) is 17.2. The molecular weight excluding hydrogens is 388 g/mol. The number of benzene rings is 2. The molecule has 0 spiro atoms. The van der Waals surface area contributed by atoms with E-state index < -0.39 is 20.0 Å². The second kappa shape index (κ2) is 9.93. The molecule has 2 aromatic carbocycles. The van der Waals surface area contributed by atoms with Gasteiger partial charge in [-0.2, -0.15) is 0 Å². The van der Waals surface area contributed by atoms with E-state index in [0.29, 0.717) is 17.9 Å². The van der Waals surface area contributed by atoms with Gasteiger partial charge in [0.25, 0.3) is 0 Å². The number of carbonyl (C=O) groups is 2. The fraction of sp³-hybridized carbons (Fsp3) is 0.364. The van der Waals surface area contributed by atoms with Crippen LogP contribution in [0.15, 0.2) is 47.4 Å². The molecule has 0 saturated carbocycles. The van der Waals surface area contributed by atoms with Gasteiger partial charge in [-0.05, 0) is 42.3 Å². The average molecular weight is 417 g/mol. The number of methoxy groups -OCH3 is 1. The first-order chi connectivity index (χ1) is 13.2. The van der Waals surface area contributed by atoms with Crippen LogP contribution < -0.4 is 0 Å². The largest absolute Gasteiger partial charge is 0.465 e. The van der Waals surface area contributed by atoms with Crippen molar-refractivity contribution in [1.82, 2.24) is 0 Å². The average Bonchev–Trinajstić information content (AvgIpc) is 2.64. The number of carbonyl (C=O) groups excluding carboxylic acids is 2. The summed E-state index contributed by atoms with van der Waals surface area (Å²) < 4.78 is 10.5. The van der Waals surface area contributed by atoms with E-state index in [9.17, 15) is 9.59 Å². The Morgan fingerprint density at radius 2 is 1.71 bits per heavy atom. The van der Waals surface area contributed by atoms with Crippen LogP contribution in [0.4, 0.5) is 0 Å². The van der Waals surface area contributed by atoms with E-state index in [-0.39, 0.29) is 5.56 Å². The molecular formula is C22H28O4SSi. The van der Waals surface area contributed by atoms with E-state index in [1.54, 1.807) is 17.8 Å². The monoisotopic (exact) mass is 416 g/mol. The summed E-state index contributed by atoms with van der Waals surface area (Å²) in [6.07, 6.45) is 0. The Kier molecular flexibility index (Phi) is 7.89. The van der Waals surface area contributed by atoms with Crippen LogP contribution in [-0.2, 0) is 15.2 Å². The summed E-state index contributed by atoms with van der Waals surface area (Å²) in [6, 6.07) is 14.5. The molecule has 0 aliphatic heterocycles. The van der Waals surface area contributed by atoms with Crippen molar-refractivity contribution in [3.63, 3.8) is 0 Å². The molecule has 150 valence electrons. The van der Waals surface area contributed by atoms with Gasteiger partial charge in [-0.1, -0.05) is 43.9 Å². The predicted molar refractivity (Wildman–Crippen MR) is 117 cm³/mol. The van der Waals surface area contributed by atoms with Crippen molar-refractivity contribution < 1.29 is 19.1 Å². The van der Waals surface area contributed by atoms with Crippen molar-refractivity contribution in [2.24, 2.45) is 0 Å². The van der Waals surface area contributed by atoms with E-state index in [2.05, 4.69) is 19.6 Å². The zero-order chi connectivity index (χ0) is 20.7. The Morgan fingerprint density at radius 3 is 2.32 bits per heavy atom. The number of rotatable bonds is 8. The third kappa shape index (κ3) is 6.53. The van der Waals surface area contributed by atoms with Gasteiger partial charge < -0.3 is 9.47 Å². The summed E-state index contributed by atoms with van der Waals surface area (Å²) >= 11 is 1.62. The van der Waals surface area contributed by atoms with Crippen LogP contribution in [0.25, 0.3) is 0 Å². The number of aryl methyl sites for hydroxylation is 1. The predicted octanol–water partition coefficient (Wildman–Crippen LogP) is 5.57. The Bertz CT molecular complexity index is 828. The Labute approximate surface area is 172 Å². The van der Waals surface area contributed by atoms with Gasteiger partial charge in [-0.3, -0.25) is 0 Å². The number of thioether (sulfide) groups is 1. The third-order valence-corrected chi connectivity index (χ3v) is 6.96. The van der Waals surface area contributed by atoms with Crippen LogP contribution >= 0.6 is 11.8 Å². The SMILES string of the molecule is COC(=O)c1cc(C)cc(CSc2ccccc2)c1C(=O)OCC[Si](C)(C)C. The highest BCUT2D eigenvalue weighted by Gasteiger charge is 2.24. The number of ether oxygens (including phenoxy) is 2. The molecule has 2 rings (SSSR count). The molecule has 0 atom stereocenters. The summed E-state index contributed by atoms with van der Waals surface area (Å²) in [6.45, 7) is 8.97. The molecule has 0 amide bonds. The molecule has 4 nitrogen and oxygen atoms in total. The van der Waals surface area contributed by atoms with E-state index in [4.69, 9.17) is 9.47 Å². The summed E-state index contributed by atoms with van der Waals surface area (Å²) in [5, 5.41) is 0. The number of esters is 2. The van der Waals surface area contributed by atoms with Gasteiger partial charge in [0.1, 0.15) is 0 Å². The van der Waals surface area contributed by atoms with Gasteiger partial charge in [-0.15, -0.1) is 11.8 Å². The maximum absolute atomic E-state index is 12.9. The highest BCUT2D eigenvalue weighted by molar-refractivity contribution is 7.98. The highest BCUT2D eigenvalue weighted by atomic mass is 32.2. The fourth-order valence-electron chi connectivity index (χ4n) is 2.69. The summed E-state index contributed by atoms with van der Waals surface area (Å²) in [5.74, 6) is -0.414. The standard InChI is InChI=1S/C22H28O4SSi/c1-16-13-17(15-27-18-9-7-6-8-10-18)20(19(14-16)21(23)25-2)22(24)26-11-12-28(3,4)5/h6-10,13-14H,11-12,15H2,1-5H3. The quantitative estimate of drug-likeness (QED) is 0.320. The van der Waals surface area contributed by atoms with Gasteiger partial charge in [0.15, 0.2) is 0 Å². The summed E-state index contributed by atoms with van der Waals surface area (Å²) in [7, 11) is 0.000703. The van der Waals surface area contributed by atoms with Crippen LogP contribution in [0, 0.1) is 6.92 Å². The van der Waals surface area contributed by atoms with E-state index >= 15 is 0 Å². The van der Waals surface area contributed by atoms with Crippen LogP contribution in [0.3, 0.4) is 0 Å². The van der Waals surface area contributed by atoms with Crippen LogP contribution in [0.1, 0.15) is 31.8 Å². The molecule has 0 N–H and O–H groups in total. The van der Waals surface area contributed by atoms with Crippen molar-refractivity contribution in [1.29, 1.82) is 0 Å². The third-order valence-electron chi connectivity index (χ3n) is 4.20. The molecule has 2 aromatic rings. The number of hydrogen-bond acceptors (Lipinski definition) is 5. The molecule has 0 radical (unpaired) electrons. The van der Waals surface area contributed by atoms with Gasteiger partial charge in [0.2, 0.25) is 0 Å². The van der Waals surface area contributed by atoms with Gasteiger partial charge in [-0.25, -0.2) is 9.59 Å². The molecule has 6 heteroatoms. The van der Waals surface area contributed by atoms with Crippen molar-refractivity contribution in [2.45, 2.75) is 43.3 Å². The Morgan fingerprint density at radius 1 is 1.04 bits per heavy atom.